The second-order valence-electron chi connectivity index (χ2n) is 6.89. The predicted molar refractivity (Wildman–Crippen MR) is 99.1 cm³/mol. The summed E-state index contributed by atoms with van der Waals surface area (Å²) in [6.07, 6.45) is 5.25. The molecular formula is C18H24N6O3. The van der Waals surface area contributed by atoms with E-state index in [1.54, 1.807) is 23.1 Å². The number of morpholine rings is 1. The fraction of sp³-hybridized carbons (Fsp3) is 0.500. The van der Waals surface area contributed by atoms with Crippen molar-refractivity contribution in [1.82, 2.24) is 25.0 Å². The van der Waals surface area contributed by atoms with Crippen LogP contribution in [0.5, 0.6) is 0 Å². The molecule has 3 N–H and O–H groups in total. The Morgan fingerprint density at radius 2 is 2.04 bits per heavy atom. The number of hydrogen-bond acceptors (Lipinski definition) is 7. The van der Waals surface area contributed by atoms with Crippen LogP contribution in [0.15, 0.2) is 24.7 Å². The van der Waals surface area contributed by atoms with Gasteiger partial charge >= 0.3 is 0 Å². The van der Waals surface area contributed by atoms with Crippen LogP contribution in [0.2, 0.25) is 0 Å². The Morgan fingerprint density at radius 1 is 1.22 bits per heavy atom. The number of anilines is 1. The van der Waals surface area contributed by atoms with Crippen molar-refractivity contribution in [3.05, 3.63) is 30.2 Å². The molecule has 2 aromatic heterocycles. The van der Waals surface area contributed by atoms with Gasteiger partial charge in [-0.15, -0.1) is 0 Å². The Hall–Kier alpha value is -2.49. The SMILES string of the molecule is Cn1cc(-c2cnc(N)c(C(=O)N[C@H]3COC[C@@H]3N3CCOCC3)c2)cn1. The van der Waals surface area contributed by atoms with Gasteiger partial charge in [0.2, 0.25) is 0 Å². The first-order valence-electron chi connectivity index (χ1n) is 9.07. The maximum atomic E-state index is 12.9. The summed E-state index contributed by atoms with van der Waals surface area (Å²) in [5.41, 5.74) is 8.02. The van der Waals surface area contributed by atoms with E-state index in [1.807, 2.05) is 13.2 Å². The molecule has 1 amide bonds. The molecule has 0 spiro atoms. The minimum atomic E-state index is -0.237. The van der Waals surface area contributed by atoms with Crippen LogP contribution >= 0.6 is 0 Å². The first-order chi connectivity index (χ1) is 13.1. The van der Waals surface area contributed by atoms with Crippen LogP contribution in [0.1, 0.15) is 10.4 Å². The number of nitrogens with zero attached hydrogens (tertiary/aromatic N) is 4. The molecule has 2 saturated heterocycles. The topological polar surface area (TPSA) is 108 Å². The van der Waals surface area contributed by atoms with Crippen molar-refractivity contribution >= 4 is 11.7 Å². The van der Waals surface area contributed by atoms with Crippen molar-refractivity contribution in [3.63, 3.8) is 0 Å². The van der Waals surface area contributed by atoms with Crippen molar-refractivity contribution < 1.29 is 14.3 Å². The summed E-state index contributed by atoms with van der Waals surface area (Å²) in [4.78, 5) is 19.4. The highest BCUT2D eigenvalue weighted by molar-refractivity contribution is 5.99. The predicted octanol–water partition coefficient (Wildman–Crippen LogP) is -0.106. The van der Waals surface area contributed by atoms with Crippen LogP contribution in [0.25, 0.3) is 11.1 Å². The molecule has 0 bridgehead atoms. The lowest BCUT2D eigenvalue weighted by Crippen LogP contribution is -2.54. The standard InChI is InChI=1S/C18H24N6O3/c1-23-9-13(8-21-23)12-6-14(17(19)20-7-12)18(25)22-15-10-27-11-16(15)24-2-4-26-5-3-24/h6-9,15-16H,2-5,10-11H2,1H3,(H2,19,20)(H,22,25)/t15-,16-/m0/s1. The minimum absolute atomic E-state index is 0.0861. The lowest BCUT2D eigenvalue weighted by atomic mass is 10.1. The van der Waals surface area contributed by atoms with Crippen LogP contribution in [-0.4, -0.2) is 77.2 Å². The Bertz CT molecular complexity index is 817. The average molecular weight is 372 g/mol. The first kappa shape index (κ1) is 17.9. The second kappa shape index (κ2) is 7.63. The monoisotopic (exact) mass is 372 g/mol. The lowest BCUT2D eigenvalue weighted by Gasteiger charge is -2.34. The average Bonchev–Trinajstić information content (AvgIpc) is 3.32. The van der Waals surface area contributed by atoms with Gasteiger partial charge < -0.3 is 20.5 Å². The van der Waals surface area contributed by atoms with Gasteiger partial charge in [-0.05, 0) is 6.07 Å². The van der Waals surface area contributed by atoms with E-state index < -0.39 is 0 Å². The third kappa shape index (κ3) is 3.80. The zero-order valence-corrected chi connectivity index (χ0v) is 15.3. The molecule has 2 aliphatic rings. The van der Waals surface area contributed by atoms with E-state index in [-0.39, 0.29) is 23.8 Å². The van der Waals surface area contributed by atoms with Crippen LogP contribution in [0, 0.1) is 0 Å². The van der Waals surface area contributed by atoms with E-state index in [9.17, 15) is 4.79 Å². The Balaban J connectivity index is 1.50. The molecule has 0 saturated carbocycles. The largest absolute Gasteiger partial charge is 0.383 e. The number of amides is 1. The van der Waals surface area contributed by atoms with E-state index in [0.29, 0.717) is 32.0 Å². The zero-order valence-electron chi connectivity index (χ0n) is 15.3. The van der Waals surface area contributed by atoms with Crippen LogP contribution in [-0.2, 0) is 16.5 Å². The first-order valence-corrected chi connectivity index (χ1v) is 9.07. The maximum absolute atomic E-state index is 12.9. The molecule has 0 unspecified atom stereocenters. The smallest absolute Gasteiger partial charge is 0.255 e. The molecule has 2 aliphatic heterocycles. The lowest BCUT2D eigenvalue weighted by molar-refractivity contribution is 0.0108. The summed E-state index contributed by atoms with van der Waals surface area (Å²) in [6, 6.07) is 1.82. The molecule has 2 aromatic rings. The summed E-state index contributed by atoms with van der Waals surface area (Å²) in [5, 5.41) is 7.24. The molecule has 4 heterocycles. The number of aromatic nitrogens is 3. The van der Waals surface area contributed by atoms with Gasteiger partial charge in [-0.2, -0.15) is 5.10 Å². The molecule has 144 valence electrons. The molecule has 4 rings (SSSR count). The van der Waals surface area contributed by atoms with Crippen molar-refractivity contribution in [2.24, 2.45) is 7.05 Å². The number of nitrogens with two attached hydrogens (primary N) is 1. The number of nitrogen functional groups attached to an aromatic ring is 1. The third-order valence-electron chi connectivity index (χ3n) is 5.08. The van der Waals surface area contributed by atoms with Crippen molar-refractivity contribution in [1.29, 1.82) is 0 Å². The van der Waals surface area contributed by atoms with Gasteiger partial charge in [0.1, 0.15) is 5.82 Å². The fourth-order valence-electron chi connectivity index (χ4n) is 3.58. The van der Waals surface area contributed by atoms with E-state index in [4.69, 9.17) is 15.2 Å². The number of nitrogens with one attached hydrogen (secondary N) is 1. The normalized spacial score (nSPS) is 23.4. The molecule has 27 heavy (non-hydrogen) atoms. The summed E-state index contributed by atoms with van der Waals surface area (Å²) < 4.78 is 12.7. The summed E-state index contributed by atoms with van der Waals surface area (Å²) in [7, 11) is 1.84. The van der Waals surface area contributed by atoms with Gasteiger partial charge in [-0.3, -0.25) is 14.4 Å². The van der Waals surface area contributed by atoms with Gasteiger partial charge in [0.15, 0.2) is 0 Å². The van der Waals surface area contributed by atoms with Crippen molar-refractivity contribution in [2.45, 2.75) is 12.1 Å². The molecule has 0 radical (unpaired) electrons. The molecule has 2 atom stereocenters. The molecule has 0 aliphatic carbocycles. The van der Waals surface area contributed by atoms with Crippen LogP contribution < -0.4 is 11.1 Å². The Labute approximate surface area is 157 Å². The highest BCUT2D eigenvalue weighted by Gasteiger charge is 2.35. The number of hydrogen-bond donors (Lipinski definition) is 2. The second-order valence-corrected chi connectivity index (χ2v) is 6.89. The zero-order chi connectivity index (χ0) is 18.8. The van der Waals surface area contributed by atoms with Crippen LogP contribution in [0.3, 0.4) is 0 Å². The maximum Gasteiger partial charge on any atom is 0.255 e. The van der Waals surface area contributed by atoms with E-state index in [0.717, 1.165) is 24.2 Å². The molecule has 9 nitrogen and oxygen atoms in total. The van der Waals surface area contributed by atoms with Gasteiger partial charge in [0, 0.05) is 43.7 Å². The van der Waals surface area contributed by atoms with Gasteiger partial charge in [0.05, 0.1) is 50.3 Å². The molecule has 0 aromatic carbocycles. The number of carbonyl (C=O) groups excluding carboxylic acids is 1. The van der Waals surface area contributed by atoms with Gasteiger partial charge in [-0.1, -0.05) is 0 Å². The van der Waals surface area contributed by atoms with E-state index >= 15 is 0 Å². The summed E-state index contributed by atoms with van der Waals surface area (Å²) in [6.45, 7) is 4.21. The van der Waals surface area contributed by atoms with Gasteiger partial charge in [0.25, 0.3) is 5.91 Å². The third-order valence-corrected chi connectivity index (χ3v) is 5.08. The van der Waals surface area contributed by atoms with Crippen LogP contribution in [0.4, 0.5) is 5.82 Å². The highest BCUT2D eigenvalue weighted by atomic mass is 16.5. The van der Waals surface area contributed by atoms with Crippen molar-refractivity contribution in [3.8, 4) is 11.1 Å². The highest BCUT2D eigenvalue weighted by Crippen LogP contribution is 2.22. The Kier molecular flexibility index (Phi) is 5.06. The Morgan fingerprint density at radius 3 is 2.78 bits per heavy atom. The number of aryl methyl sites for hydroxylation is 1. The quantitative estimate of drug-likeness (QED) is 0.771. The number of pyridine rings is 1. The van der Waals surface area contributed by atoms with E-state index in [1.165, 1.54) is 0 Å². The molecule has 9 heteroatoms. The summed E-state index contributed by atoms with van der Waals surface area (Å²) >= 11 is 0. The number of carbonyl (C=O) groups is 1. The molecular weight excluding hydrogens is 348 g/mol. The fourth-order valence-corrected chi connectivity index (χ4v) is 3.58. The van der Waals surface area contributed by atoms with E-state index in [2.05, 4.69) is 20.3 Å². The minimum Gasteiger partial charge on any atom is -0.383 e. The number of ether oxygens (including phenoxy) is 2. The van der Waals surface area contributed by atoms with Gasteiger partial charge in [-0.25, -0.2) is 4.98 Å². The van der Waals surface area contributed by atoms with Crippen molar-refractivity contribution in [2.75, 3.05) is 45.3 Å². The summed E-state index contributed by atoms with van der Waals surface area (Å²) in [5.74, 6) is -0.0264. The number of rotatable bonds is 4. The molecule has 2 fully saturated rings.